The zero-order valence-electron chi connectivity index (χ0n) is 13.5. The number of ether oxygens (including phenoxy) is 2. The second kappa shape index (κ2) is 7.90. The molecule has 0 radical (unpaired) electrons. The number of nitro groups is 1. The van der Waals surface area contributed by atoms with E-state index in [0.717, 1.165) is 0 Å². The molecule has 1 aliphatic rings. The van der Waals surface area contributed by atoms with Gasteiger partial charge < -0.3 is 14.4 Å². The minimum absolute atomic E-state index is 0.0807. The highest BCUT2D eigenvalue weighted by Gasteiger charge is 2.24. The number of morpholine rings is 1. The molecule has 0 atom stereocenters. The average molecular weight is 397 g/mol. The van der Waals surface area contributed by atoms with Crippen LogP contribution in [0.3, 0.4) is 0 Å². The molecule has 0 spiro atoms. The highest BCUT2D eigenvalue weighted by atomic mass is 35.5. The van der Waals surface area contributed by atoms with E-state index in [0.29, 0.717) is 32.0 Å². The first-order chi connectivity index (χ1) is 12.5. The smallest absolute Gasteiger partial charge is 0.345 e. The van der Waals surface area contributed by atoms with Gasteiger partial charge in [-0.3, -0.25) is 10.1 Å². The number of anilines is 1. The van der Waals surface area contributed by atoms with Crippen molar-refractivity contribution in [3.63, 3.8) is 0 Å². The van der Waals surface area contributed by atoms with Crippen molar-refractivity contribution >= 4 is 40.5 Å². The van der Waals surface area contributed by atoms with E-state index < -0.39 is 10.9 Å². The summed E-state index contributed by atoms with van der Waals surface area (Å²) in [5.74, 6) is -0.664. The first-order valence-electron chi connectivity index (χ1n) is 7.74. The van der Waals surface area contributed by atoms with Crippen LogP contribution in [0.1, 0.15) is 10.4 Å². The maximum Gasteiger partial charge on any atom is 0.345 e. The molecule has 1 heterocycles. The van der Waals surface area contributed by atoms with Crippen LogP contribution >= 0.6 is 23.2 Å². The number of hydrogen-bond acceptors (Lipinski definition) is 6. The van der Waals surface area contributed by atoms with E-state index in [4.69, 9.17) is 32.7 Å². The van der Waals surface area contributed by atoms with Gasteiger partial charge in [-0.05, 0) is 18.2 Å². The highest BCUT2D eigenvalue weighted by Crippen LogP contribution is 2.33. The number of hydrogen-bond donors (Lipinski definition) is 0. The Hall–Kier alpha value is -2.35. The summed E-state index contributed by atoms with van der Waals surface area (Å²) in [4.78, 5) is 25.2. The summed E-state index contributed by atoms with van der Waals surface area (Å²) in [6.07, 6.45) is 0. The number of non-ortho nitro benzene ring substituents is 1. The molecule has 1 aliphatic heterocycles. The third kappa shape index (κ3) is 3.90. The van der Waals surface area contributed by atoms with Gasteiger partial charge in [-0.1, -0.05) is 29.3 Å². The fourth-order valence-electron chi connectivity index (χ4n) is 2.60. The fourth-order valence-corrected chi connectivity index (χ4v) is 2.93. The van der Waals surface area contributed by atoms with E-state index in [-0.39, 0.29) is 27.0 Å². The van der Waals surface area contributed by atoms with Crippen molar-refractivity contribution in [1.29, 1.82) is 0 Å². The lowest BCUT2D eigenvalue weighted by Gasteiger charge is -2.30. The van der Waals surface area contributed by atoms with Crippen molar-refractivity contribution in [3.8, 4) is 5.75 Å². The number of rotatable bonds is 4. The topological polar surface area (TPSA) is 81.9 Å². The summed E-state index contributed by atoms with van der Waals surface area (Å²) < 4.78 is 10.7. The number of nitrogens with zero attached hydrogens (tertiary/aromatic N) is 2. The Labute approximate surface area is 159 Å². The third-order valence-electron chi connectivity index (χ3n) is 3.88. The highest BCUT2D eigenvalue weighted by molar-refractivity contribution is 6.43. The molecule has 1 fully saturated rings. The van der Waals surface area contributed by atoms with E-state index >= 15 is 0 Å². The van der Waals surface area contributed by atoms with Crippen molar-refractivity contribution in [2.75, 3.05) is 31.2 Å². The van der Waals surface area contributed by atoms with Crippen LogP contribution in [0.5, 0.6) is 5.75 Å². The maximum atomic E-state index is 12.7. The van der Waals surface area contributed by atoms with Gasteiger partial charge in [-0.15, -0.1) is 0 Å². The number of benzene rings is 2. The average Bonchev–Trinajstić information content (AvgIpc) is 2.65. The standard InChI is InChI=1S/C17H14Cl2N2O5/c18-13-2-1-3-15(16(13)19)26-17(22)12-10-11(21(23)24)4-5-14(12)20-6-8-25-9-7-20/h1-5,10H,6-9H2. The molecular weight excluding hydrogens is 383 g/mol. The summed E-state index contributed by atoms with van der Waals surface area (Å²) in [6.45, 7) is 2.14. The number of esters is 1. The summed E-state index contributed by atoms with van der Waals surface area (Å²) in [7, 11) is 0. The minimum Gasteiger partial charge on any atom is -0.421 e. The van der Waals surface area contributed by atoms with Crippen LogP contribution in [0.25, 0.3) is 0 Å². The van der Waals surface area contributed by atoms with Gasteiger partial charge in [-0.25, -0.2) is 4.79 Å². The Morgan fingerprint density at radius 1 is 1.19 bits per heavy atom. The maximum absolute atomic E-state index is 12.7. The number of carbonyl (C=O) groups is 1. The Balaban J connectivity index is 1.97. The van der Waals surface area contributed by atoms with Gasteiger partial charge in [0.1, 0.15) is 5.02 Å². The molecule has 2 aromatic carbocycles. The van der Waals surface area contributed by atoms with E-state index in [2.05, 4.69) is 0 Å². The van der Waals surface area contributed by atoms with Crippen LogP contribution in [0.2, 0.25) is 10.0 Å². The van der Waals surface area contributed by atoms with Crippen LogP contribution < -0.4 is 9.64 Å². The lowest BCUT2D eigenvalue weighted by atomic mass is 10.1. The molecule has 2 aromatic rings. The first kappa shape index (κ1) is 18.4. The lowest BCUT2D eigenvalue weighted by Crippen LogP contribution is -2.37. The molecule has 136 valence electrons. The van der Waals surface area contributed by atoms with Crippen LogP contribution in [0.15, 0.2) is 36.4 Å². The molecule has 0 amide bonds. The van der Waals surface area contributed by atoms with Gasteiger partial charge in [0.15, 0.2) is 5.75 Å². The lowest BCUT2D eigenvalue weighted by molar-refractivity contribution is -0.384. The van der Waals surface area contributed by atoms with Crippen LogP contribution in [0, 0.1) is 10.1 Å². The molecule has 0 bridgehead atoms. The molecule has 0 aromatic heterocycles. The Morgan fingerprint density at radius 3 is 2.62 bits per heavy atom. The molecule has 9 heteroatoms. The normalized spacial score (nSPS) is 14.2. The quantitative estimate of drug-likeness (QED) is 0.336. The molecule has 1 saturated heterocycles. The van der Waals surface area contributed by atoms with Gasteiger partial charge in [-0.2, -0.15) is 0 Å². The monoisotopic (exact) mass is 396 g/mol. The Morgan fingerprint density at radius 2 is 1.92 bits per heavy atom. The largest absolute Gasteiger partial charge is 0.421 e. The van der Waals surface area contributed by atoms with Crippen LogP contribution in [-0.2, 0) is 4.74 Å². The predicted octanol–water partition coefficient (Wildman–Crippen LogP) is 3.96. The molecule has 3 rings (SSSR count). The van der Waals surface area contributed by atoms with Crippen LogP contribution in [0.4, 0.5) is 11.4 Å². The fraction of sp³-hybridized carbons (Fsp3) is 0.235. The van der Waals surface area contributed by atoms with Gasteiger partial charge >= 0.3 is 5.97 Å². The molecule has 26 heavy (non-hydrogen) atoms. The van der Waals surface area contributed by atoms with E-state index in [9.17, 15) is 14.9 Å². The summed E-state index contributed by atoms with van der Waals surface area (Å²) in [5.41, 5.74) is 0.422. The second-order valence-corrected chi connectivity index (χ2v) is 6.28. The molecule has 0 aliphatic carbocycles. The van der Waals surface area contributed by atoms with Crippen molar-refractivity contribution in [3.05, 3.63) is 62.1 Å². The van der Waals surface area contributed by atoms with Crippen LogP contribution in [-0.4, -0.2) is 37.2 Å². The third-order valence-corrected chi connectivity index (χ3v) is 4.68. The van der Waals surface area contributed by atoms with Crippen molar-refractivity contribution in [2.45, 2.75) is 0 Å². The Bertz CT molecular complexity index is 853. The van der Waals surface area contributed by atoms with E-state index in [1.165, 1.54) is 18.2 Å². The zero-order valence-corrected chi connectivity index (χ0v) is 15.0. The molecule has 7 nitrogen and oxygen atoms in total. The van der Waals surface area contributed by atoms with Crippen molar-refractivity contribution in [1.82, 2.24) is 0 Å². The molecule has 0 saturated carbocycles. The summed E-state index contributed by atoms with van der Waals surface area (Å²) in [6, 6.07) is 8.75. The number of nitro benzene ring substituents is 1. The van der Waals surface area contributed by atoms with Gasteiger partial charge in [0.25, 0.3) is 5.69 Å². The number of halogens is 2. The Kier molecular flexibility index (Phi) is 5.61. The van der Waals surface area contributed by atoms with Gasteiger partial charge in [0.05, 0.1) is 34.4 Å². The van der Waals surface area contributed by atoms with Crippen molar-refractivity contribution in [2.24, 2.45) is 0 Å². The number of carbonyl (C=O) groups excluding carboxylic acids is 1. The molecule has 0 N–H and O–H groups in total. The molecular formula is C17H14Cl2N2O5. The van der Waals surface area contributed by atoms with E-state index in [1.807, 2.05) is 4.90 Å². The minimum atomic E-state index is -0.751. The first-order valence-corrected chi connectivity index (χ1v) is 8.50. The summed E-state index contributed by atoms with van der Waals surface area (Å²) in [5, 5.41) is 11.4. The zero-order chi connectivity index (χ0) is 18.7. The van der Waals surface area contributed by atoms with Crippen molar-refractivity contribution < 1.29 is 19.2 Å². The SMILES string of the molecule is O=C(Oc1cccc(Cl)c1Cl)c1cc([N+](=O)[O-])ccc1N1CCOCC1. The predicted molar refractivity (Wildman–Crippen MR) is 97.5 cm³/mol. The second-order valence-electron chi connectivity index (χ2n) is 5.50. The van der Waals surface area contributed by atoms with E-state index in [1.54, 1.807) is 18.2 Å². The van der Waals surface area contributed by atoms with Gasteiger partial charge in [0, 0.05) is 25.2 Å². The molecule has 0 unspecified atom stereocenters. The summed E-state index contributed by atoms with van der Waals surface area (Å²) >= 11 is 12.0. The van der Waals surface area contributed by atoms with Gasteiger partial charge in [0.2, 0.25) is 0 Å².